The number of carbonyl (C=O) groups excluding carboxylic acids is 2. The van der Waals surface area contributed by atoms with Crippen LogP contribution in [0.25, 0.3) is 0 Å². The Morgan fingerprint density at radius 3 is 2.83 bits per heavy atom. The van der Waals surface area contributed by atoms with E-state index in [9.17, 15) is 9.59 Å². The molecule has 1 unspecified atom stereocenters. The Bertz CT molecular complexity index is 601. The van der Waals surface area contributed by atoms with Crippen molar-refractivity contribution in [1.29, 1.82) is 0 Å². The summed E-state index contributed by atoms with van der Waals surface area (Å²) in [5, 5.41) is 5.78. The summed E-state index contributed by atoms with van der Waals surface area (Å²) in [7, 11) is 0. The van der Waals surface area contributed by atoms with E-state index in [2.05, 4.69) is 15.5 Å². The van der Waals surface area contributed by atoms with Gasteiger partial charge in [-0.05, 0) is 45.0 Å². The molecule has 2 aliphatic heterocycles. The molecule has 1 atom stereocenters. The minimum atomic E-state index is -1.11. The molecule has 1 saturated heterocycles. The molecule has 2 heterocycles. The fourth-order valence-corrected chi connectivity index (χ4v) is 4.12. The van der Waals surface area contributed by atoms with E-state index in [1.165, 1.54) is 31.0 Å². The lowest BCUT2D eigenvalue weighted by Crippen LogP contribution is -2.53. The summed E-state index contributed by atoms with van der Waals surface area (Å²) >= 11 is 1.32. The summed E-state index contributed by atoms with van der Waals surface area (Å²) in [5.41, 5.74) is 0.779. The van der Waals surface area contributed by atoms with Crippen molar-refractivity contribution in [2.75, 3.05) is 31.5 Å². The third kappa shape index (κ3) is 3.53. The molecule has 2 amide bonds. The maximum Gasteiger partial charge on any atom is 0.250 e. The number of thioether (sulfide) groups is 1. The fraction of sp³-hybridized carbons (Fsp3) is 0.529. The topological polar surface area (TPSA) is 61.4 Å². The zero-order valence-corrected chi connectivity index (χ0v) is 14.2. The van der Waals surface area contributed by atoms with Crippen molar-refractivity contribution in [2.45, 2.75) is 35.8 Å². The first-order valence-corrected chi connectivity index (χ1v) is 9.01. The lowest BCUT2D eigenvalue weighted by molar-refractivity contribution is -0.129. The van der Waals surface area contributed by atoms with Gasteiger partial charge in [0.2, 0.25) is 11.8 Å². The zero-order chi connectivity index (χ0) is 16.3. The van der Waals surface area contributed by atoms with E-state index < -0.39 is 4.75 Å². The predicted molar refractivity (Wildman–Crippen MR) is 92.6 cm³/mol. The molecule has 3 rings (SSSR count). The van der Waals surface area contributed by atoms with Crippen molar-refractivity contribution in [3.8, 4) is 0 Å². The Morgan fingerprint density at radius 2 is 2.04 bits per heavy atom. The van der Waals surface area contributed by atoms with Gasteiger partial charge in [0.05, 0.1) is 5.69 Å². The van der Waals surface area contributed by atoms with Crippen molar-refractivity contribution in [3.05, 3.63) is 24.3 Å². The molecule has 1 fully saturated rings. The van der Waals surface area contributed by atoms with E-state index in [0.717, 1.165) is 30.2 Å². The Morgan fingerprint density at radius 1 is 1.30 bits per heavy atom. The fourth-order valence-electron chi connectivity index (χ4n) is 3.00. The second kappa shape index (κ2) is 6.93. The van der Waals surface area contributed by atoms with Crippen LogP contribution in [0.1, 0.15) is 26.2 Å². The molecule has 0 radical (unpaired) electrons. The average Bonchev–Trinajstić information content (AvgIpc) is 2.57. The molecule has 5 nitrogen and oxygen atoms in total. The molecule has 2 aliphatic rings. The van der Waals surface area contributed by atoms with Gasteiger partial charge < -0.3 is 15.5 Å². The van der Waals surface area contributed by atoms with E-state index in [4.69, 9.17) is 0 Å². The van der Waals surface area contributed by atoms with Crippen LogP contribution < -0.4 is 10.6 Å². The van der Waals surface area contributed by atoms with Gasteiger partial charge in [-0.15, -0.1) is 0 Å². The predicted octanol–water partition coefficient (Wildman–Crippen LogP) is 2.09. The SMILES string of the molecule is CC1(C(=O)NCCN2CCCCC2)Sc2ccccc2NC1=O. The highest BCUT2D eigenvalue weighted by Crippen LogP contribution is 2.42. The Balaban J connectivity index is 1.58. The average molecular weight is 333 g/mol. The quantitative estimate of drug-likeness (QED) is 0.829. The molecule has 0 bridgehead atoms. The van der Waals surface area contributed by atoms with Crippen LogP contribution >= 0.6 is 11.8 Å². The van der Waals surface area contributed by atoms with Crippen LogP contribution in [-0.2, 0) is 9.59 Å². The van der Waals surface area contributed by atoms with Gasteiger partial charge in [-0.2, -0.15) is 0 Å². The number of hydrogen-bond acceptors (Lipinski definition) is 4. The highest BCUT2D eigenvalue weighted by molar-refractivity contribution is 8.02. The molecule has 6 heteroatoms. The first-order valence-electron chi connectivity index (χ1n) is 8.20. The normalized spacial score (nSPS) is 24.7. The first-order chi connectivity index (χ1) is 11.1. The van der Waals surface area contributed by atoms with Crippen molar-refractivity contribution in [2.24, 2.45) is 0 Å². The molecular formula is C17H23N3O2S. The second-order valence-electron chi connectivity index (χ2n) is 6.24. The van der Waals surface area contributed by atoms with Gasteiger partial charge in [-0.25, -0.2) is 0 Å². The number of rotatable bonds is 4. The molecule has 0 aromatic heterocycles. The number of amides is 2. The van der Waals surface area contributed by atoms with Crippen LogP contribution in [0.4, 0.5) is 5.69 Å². The van der Waals surface area contributed by atoms with Crippen LogP contribution in [0, 0.1) is 0 Å². The Labute approximate surface area is 141 Å². The van der Waals surface area contributed by atoms with E-state index in [-0.39, 0.29) is 11.8 Å². The number of carbonyl (C=O) groups is 2. The van der Waals surface area contributed by atoms with Gasteiger partial charge >= 0.3 is 0 Å². The Hall–Kier alpha value is -1.53. The largest absolute Gasteiger partial charge is 0.353 e. The van der Waals surface area contributed by atoms with E-state index in [1.807, 2.05) is 24.3 Å². The van der Waals surface area contributed by atoms with E-state index in [1.54, 1.807) is 6.92 Å². The standard InChI is InChI=1S/C17H23N3O2S/c1-17(15(21)18-9-12-20-10-5-2-6-11-20)16(22)19-13-7-3-4-8-14(13)23-17/h3-4,7-8H,2,5-6,9-12H2,1H3,(H,18,21)(H,19,22). The van der Waals surface area contributed by atoms with Crippen LogP contribution in [0.2, 0.25) is 0 Å². The van der Waals surface area contributed by atoms with Gasteiger partial charge in [0, 0.05) is 18.0 Å². The Kier molecular flexibility index (Phi) is 4.92. The number of nitrogens with zero attached hydrogens (tertiary/aromatic N) is 1. The molecule has 1 aromatic carbocycles. The van der Waals surface area contributed by atoms with Crippen LogP contribution in [-0.4, -0.2) is 47.6 Å². The third-order valence-electron chi connectivity index (χ3n) is 4.48. The number of hydrogen-bond donors (Lipinski definition) is 2. The van der Waals surface area contributed by atoms with Crippen molar-refractivity contribution < 1.29 is 9.59 Å². The van der Waals surface area contributed by atoms with E-state index in [0.29, 0.717) is 6.54 Å². The summed E-state index contributed by atoms with van der Waals surface area (Å²) in [4.78, 5) is 28.3. The third-order valence-corrected chi connectivity index (χ3v) is 5.83. The molecule has 1 aromatic rings. The summed E-state index contributed by atoms with van der Waals surface area (Å²) in [5.74, 6) is -0.469. The number of nitrogens with one attached hydrogen (secondary N) is 2. The molecule has 23 heavy (non-hydrogen) atoms. The molecular weight excluding hydrogens is 310 g/mol. The van der Waals surface area contributed by atoms with Crippen LogP contribution in [0.5, 0.6) is 0 Å². The molecule has 0 spiro atoms. The highest BCUT2D eigenvalue weighted by Gasteiger charge is 2.45. The zero-order valence-electron chi connectivity index (χ0n) is 13.4. The van der Waals surface area contributed by atoms with Crippen LogP contribution in [0.15, 0.2) is 29.2 Å². The second-order valence-corrected chi connectivity index (χ2v) is 7.70. The number of likely N-dealkylation sites (tertiary alicyclic amines) is 1. The smallest absolute Gasteiger partial charge is 0.250 e. The summed E-state index contributed by atoms with van der Waals surface area (Å²) in [6.07, 6.45) is 3.78. The maximum absolute atomic E-state index is 12.6. The minimum Gasteiger partial charge on any atom is -0.353 e. The number of benzene rings is 1. The lowest BCUT2D eigenvalue weighted by atomic mass is 10.1. The number of para-hydroxylation sites is 1. The van der Waals surface area contributed by atoms with Gasteiger partial charge in [0.15, 0.2) is 4.75 Å². The van der Waals surface area contributed by atoms with Crippen molar-refractivity contribution >= 4 is 29.3 Å². The molecule has 0 saturated carbocycles. The summed E-state index contributed by atoms with van der Waals surface area (Å²) < 4.78 is -1.11. The van der Waals surface area contributed by atoms with Crippen LogP contribution in [0.3, 0.4) is 0 Å². The van der Waals surface area contributed by atoms with Crippen molar-refractivity contribution in [3.63, 3.8) is 0 Å². The number of piperidine rings is 1. The summed E-state index contributed by atoms with van der Waals surface area (Å²) in [6.45, 7) is 5.35. The monoisotopic (exact) mass is 333 g/mol. The molecule has 2 N–H and O–H groups in total. The summed E-state index contributed by atoms with van der Waals surface area (Å²) in [6, 6.07) is 7.58. The van der Waals surface area contributed by atoms with Gasteiger partial charge in [0.25, 0.3) is 0 Å². The highest BCUT2D eigenvalue weighted by atomic mass is 32.2. The molecule has 0 aliphatic carbocycles. The number of anilines is 1. The van der Waals surface area contributed by atoms with Crippen molar-refractivity contribution in [1.82, 2.24) is 10.2 Å². The lowest BCUT2D eigenvalue weighted by Gasteiger charge is -2.32. The van der Waals surface area contributed by atoms with Gasteiger partial charge in [0.1, 0.15) is 0 Å². The number of fused-ring (bicyclic) bond motifs is 1. The van der Waals surface area contributed by atoms with Gasteiger partial charge in [-0.3, -0.25) is 9.59 Å². The van der Waals surface area contributed by atoms with Gasteiger partial charge in [-0.1, -0.05) is 30.3 Å². The molecule has 124 valence electrons. The van der Waals surface area contributed by atoms with E-state index >= 15 is 0 Å². The first kappa shape index (κ1) is 16.3. The minimum absolute atomic E-state index is 0.216. The maximum atomic E-state index is 12.6.